The zero-order valence-corrected chi connectivity index (χ0v) is 15.1. The highest BCUT2D eigenvalue weighted by atomic mass is 79.9. The smallest absolute Gasteiger partial charge is 0.268 e. The van der Waals surface area contributed by atoms with E-state index in [4.69, 9.17) is 11.6 Å². The molecule has 0 bridgehead atoms. The van der Waals surface area contributed by atoms with Gasteiger partial charge in [0.15, 0.2) is 0 Å². The molecule has 1 amide bonds. The molecular formula is C11H6Br2ClNO3S2. The predicted molar refractivity (Wildman–Crippen MR) is 85.8 cm³/mol. The molecule has 1 heterocycles. The van der Waals surface area contributed by atoms with E-state index in [1.54, 1.807) is 12.1 Å². The van der Waals surface area contributed by atoms with Gasteiger partial charge < -0.3 is 0 Å². The molecule has 1 aromatic heterocycles. The molecule has 9 heteroatoms. The van der Waals surface area contributed by atoms with Gasteiger partial charge in [-0.2, -0.15) is 0 Å². The first-order valence-electron chi connectivity index (χ1n) is 5.07. The van der Waals surface area contributed by atoms with Crippen molar-refractivity contribution in [1.82, 2.24) is 4.72 Å². The molecule has 0 saturated heterocycles. The summed E-state index contributed by atoms with van der Waals surface area (Å²) in [6.45, 7) is 0. The second-order valence-corrected chi connectivity index (χ2v) is 9.31. The van der Waals surface area contributed by atoms with E-state index >= 15 is 0 Å². The molecule has 0 fully saturated rings. The minimum atomic E-state index is -3.90. The number of nitrogens with one attached hydrogen (secondary N) is 1. The molecule has 0 saturated carbocycles. The fraction of sp³-hybridized carbons (Fsp3) is 0. The maximum atomic E-state index is 12.0. The summed E-state index contributed by atoms with van der Waals surface area (Å²) in [5.74, 6) is -0.771. The van der Waals surface area contributed by atoms with Crippen molar-refractivity contribution in [3.05, 3.63) is 49.2 Å². The third kappa shape index (κ3) is 3.62. The lowest BCUT2D eigenvalue weighted by atomic mass is 10.2. The molecule has 0 atom stereocenters. The summed E-state index contributed by atoms with van der Waals surface area (Å²) in [4.78, 5) is 12.0. The van der Waals surface area contributed by atoms with Crippen LogP contribution in [0.4, 0.5) is 0 Å². The molecular weight excluding hydrogens is 454 g/mol. The Kier molecular flexibility index (Phi) is 4.91. The average molecular weight is 460 g/mol. The number of hydrogen-bond donors (Lipinski definition) is 1. The Morgan fingerprint density at radius 1 is 1.20 bits per heavy atom. The zero-order valence-electron chi connectivity index (χ0n) is 9.56. The molecule has 0 unspecified atom stereocenters. The lowest BCUT2D eigenvalue weighted by Gasteiger charge is -2.06. The molecule has 0 radical (unpaired) electrons. The van der Waals surface area contributed by atoms with Crippen LogP contribution in [0.25, 0.3) is 0 Å². The van der Waals surface area contributed by atoms with Crippen LogP contribution in [-0.4, -0.2) is 14.3 Å². The first kappa shape index (κ1) is 16.0. The van der Waals surface area contributed by atoms with Gasteiger partial charge in [0.2, 0.25) is 0 Å². The summed E-state index contributed by atoms with van der Waals surface area (Å²) < 4.78 is 27.4. The minimum absolute atomic E-state index is 0.0472. The second-order valence-electron chi connectivity index (χ2n) is 3.62. The number of halogens is 3. The van der Waals surface area contributed by atoms with E-state index in [0.29, 0.717) is 8.26 Å². The van der Waals surface area contributed by atoms with Crippen molar-refractivity contribution in [2.24, 2.45) is 0 Å². The Morgan fingerprint density at radius 3 is 2.45 bits per heavy atom. The van der Waals surface area contributed by atoms with Gasteiger partial charge in [-0.05, 0) is 46.3 Å². The second kappa shape index (κ2) is 6.15. The Hall–Kier alpha value is -0.410. The van der Waals surface area contributed by atoms with Crippen molar-refractivity contribution in [3.63, 3.8) is 0 Å². The predicted octanol–water partition coefficient (Wildman–Crippen LogP) is 4.05. The summed E-state index contributed by atoms with van der Waals surface area (Å²) in [6, 6.07) is 7.57. The molecule has 1 N–H and O–H groups in total. The zero-order chi connectivity index (χ0) is 14.9. The Labute approximate surface area is 141 Å². The topological polar surface area (TPSA) is 63.2 Å². The number of sulfonamides is 1. The fourth-order valence-corrected chi connectivity index (χ4v) is 5.08. The maximum Gasteiger partial charge on any atom is 0.273 e. The lowest BCUT2D eigenvalue weighted by molar-refractivity contribution is 0.0981. The standard InChI is InChI=1S/C11H6Br2ClNO3S2/c12-6-1-2-7(8(14)5-6)11(16)15-20(17,18)10-4-3-9(13)19-10/h1-5H,(H,15,16). The van der Waals surface area contributed by atoms with Gasteiger partial charge in [0.05, 0.1) is 14.4 Å². The van der Waals surface area contributed by atoms with Crippen molar-refractivity contribution in [2.45, 2.75) is 4.21 Å². The van der Waals surface area contributed by atoms with E-state index in [-0.39, 0.29) is 14.8 Å². The van der Waals surface area contributed by atoms with Crippen LogP contribution in [0.3, 0.4) is 0 Å². The van der Waals surface area contributed by atoms with Crippen molar-refractivity contribution >= 4 is 70.7 Å². The van der Waals surface area contributed by atoms with Gasteiger partial charge in [0.1, 0.15) is 4.21 Å². The van der Waals surface area contributed by atoms with E-state index in [9.17, 15) is 13.2 Å². The Morgan fingerprint density at radius 2 is 1.90 bits per heavy atom. The number of rotatable bonds is 3. The van der Waals surface area contributed by atoms with E-state index in [2.05, 4.69) is 31.9 Å². The Balaban J connectivity index is 2.27. The quantitative estimate of drug-likeness (QED) is 0.753. The highest BCUT2D eigenvalue weighted by Gasteiger charge is 2.21. The monoisotopic (exact) mass is 457 g/mol. The van der Waals surface area contributed by atoms with E-state index in [0.717, 1.165) is 11.3 Å². The number of amides is 1. The molecule has 1 aromatic carbocycles. The highest BCUT2D eigenvalue weighted by molar-refractivity contribution is 9.11. The van der Waals surface area contributed by atoms with Gasteiger partial charge in [-0.25, -0.2) is 13.1 Å². The molecule has 4 nitrogen and oxygen atoms in total. The molecule has 0 aliphatic heterocycles. The normalized spacial score (nSPS) is 11.3. The third-order valence-corrected chi connectivity index (χ3v) is 6.47. The van der Waals surface area contributed by atoms with Crippen LogP contribution >= 0.6 is 54.8 Å². The van der Waals surface area contributed by atoms with Crippen molar-refractivity contribution in [2.75, 3.05) is 0 Å². The molecule has 0 aliphatic rings. The lowest BCUT2D eigenvalue weighted by Crippen LogP contribution is -2.30. The minimum Gasteiger partial charge on any atom is -0.268 e. The summed E-state index contributed by atoms with van der Waals surface area (Å²) >= 11 is 13.3. The Bertz CT molecular complexity index is 774. The van der Waals surface area contributed by atoms with Crippen LogP contribution in [0.1, 0.15) is 10.4 Å². The van der Waals surface area contributed by atoms with Gasteiger partial charge in [-0.1, -0.05) is 27.5 Å². The molecule has 2 rings (SSSR count). The van der Waals surface area contributed by atoms with Crippen molar-refractivity contribution in [1.29, 1.82) is 0 Å². The third-order valence-electron chi connectivity index (χ3n) is 2.22. The van der Waals surface area contributed by atoms with Crippen molar-refractivity contribution < 1.29 is 13.2 Å². The van der Waals surface area contributed by atoms with Crippen LogP contribution in [0.5, 0.6) is 0 Å². The van der Waals surface area contributed by atoms with Gasteiger partial charge in [-0.15, -0.1) is 11.3 Å². The van der Waals surface area contributed by atoms with Crippen LogP contribution < -0.4 is 4.72 Å². The summed E-state index contributed by atoms with van der Waals surface area (Å²) in [5, 5.41) is 0.166. The summed E-state index contributed by atoms with van der Waals surface area (Å²) in [5.41, 5.74) is 0.0917. The SMILES string of the molecule is O=C(NS(=O)(=O)c1ccc(Br)s1)c1ccc(Br)cc1Cl. The molecule has 20 heavy (non-hydrogen) atoms. The number of carbonyl (C=O) groups excluding carboxylic acids is 1. The highest BCUT2D eigenvalue weighted by Crippen LogP contribution is 2.26. The van der Waals surface area contributed by atoms with E-state index in [1.165, 1.54) is 18.2 Å². The average Bonchev–Trinajstić information content (AvgIpc) is 2.75. The molecule has 0 aliphatic carbocycles. The van der Waals surface area contributed by atoms with Gasteiger partial charge in [0.25, 0.3) is 15.9 Å². The first-order chi connectivity index (χ1) is 9.29. The van der Waals surface area contributed by atoms with Gasteiger partial charge >= 0.3 is 0 Å². The van der Waals surface area contributed by atoms with Crippen LogP contribution in [0.2, 0.25) is 5.02 Å². The molecule has 0 spiro atoms. The van der Waals surface area contributed by atoms with Crippen LogP contribution in [0, 0.1) is 0 Å². The number of hydrogen-bond acceptors (Lipinski definition) is 4. The first-order valence-corrected chi connectivity index (χ1v) is 9.33. The largest absolute Gasteiger partial charge is 0.273 e. The van der Waals surface area contributed by atoms with E-state index < -0.39 is 15.9 Å². The van der Waals surface area contributed by atoms with Crippen LogP contribution in [-0.2, 0) is 10.0 Å². The van der Waals surface area contributed by atoms with Gasteiger partial charge in [0, 0.05) is 4.47 Å². The van der Waals surface area contributed by atoms with Crippen LogP contribution in [0.15, 0.2) is 42.8 Å². The number of thiophene rings is 1. The van der Waals surface area contributed by atoms with Crippen molar-refractivity contribution in [3.8, 4) is 0 Å². The number of carbonyl (C=O) groups is 1. The maximum absolute atomic E-state index is 12.0. The summed E-state index contributed by atoms with van der Waals surface area (Å²) in [7, 11) is -3.90. The summed E-state index contributed by atoms with van der Waals surface area (Å²) in [6.07, 6.45) is 0. The van der Waals surface area contributed by atoms with E-state index in [1.807, 2.05) is 4.72 Å². The molecule has 2 aromatic rings. The fourth-order valence-electron chi connectivity index (χ4n) is 1.34. The number of benzene rings is 1. The van der Waals surface area contributed by atoms with Gasteiger partial charge in [-0.3, -0.25) is 4.79 Å². The molecule has 106 valence electrons.